The second-order valence-electron chi connectivity index (χ2n) is 6.12. The molecular formula is C11H19N2O14P3. The van der Waals surface area contributed by atoms with Crippen molar-refractivity contribution in [3.8, 4) is 0 Å². The Labute approximate surface area is 167 Å². The maximum Gasteiger partial charge on any atom is 0.490 e. The summed E-state index contributed by atoms with van der Waals surface area (Å²) in [6, 6.07) is 0. The smallest absolute Gasteiger partial charge is 0.387 e. The van der Waals surface area contributed by atoms with Crippen molar-refractivity contribution in [2.45, 2.75) is 38.3 Å². The number of hydrogen-bond acceptors (Lipinski definition) is 11. The molecule has 1 fully saturated rings. The fraction of sp³-hybridized carbons (Fsp3) is 0.636. The van der Waals surface area contributed by atoms with Crippen molar-refractivity contribution in [3.63, 3.8) is 0 Å². The van der Waals surface area contributed by atoms with Crippen molar-refractivity contribution < 1.29 is 61.4 Å². The lowest BCUT2D eigenvalue weighted by atomic mass is 10.0. The quantitative estimate of drug-likeness (QED) is 0.211. The zero-order valence-electron chi connectivity index (χ0n) is 15.3. The average Bonchev–Trinajstić information content (AvgIpc) is 2.81. The first-order valence-electron chi connectivity index (χ1n) is 7.89. The summed E-state index contributed by atoms with van der Waals surface area (Å²) in [5.41, 5.74) is -0.110. The highest BCUT2D eigenvalue weighted by molar-refractivity contribution is 7.66. The van der Waals surface area contributed by atoms with Crippen LogP contribution >= 0.6 is 23.5 Å². The maximum absolute atomic E-state index is 11.7. The Morgan fingerprint density at radius 1 is 1.03 bits per heavy atom. The molecule has 0 bridgehead atoms. The SMILES string of the molecule is Cc1[nH]c(=O)c(C)nc1[C@@H]1O[C@H](COP(=O)(O)OP(=O)(O)OP(=O)(O)O)C(O)[C@@H]1O. The van der Waals surface area contributed by atoms with Crippen LogP contribution in [-0.4, -0.2) is 64.7 Å². The van der Waals surface area contributed by atoms with E-state index in [0.29, 0.717) is 0 Å². The van der Waals surface area contributed by atoms with Gasteiger partial charge in [-0.05, 0) is 13.8 Å². The van der Waals surface area contributed by atoms with Crippen LogP contribution in [0.3, 0.4) is 0 Å². The van der Waals surface area contributed by atoms with Crippen molar-refractivity contribution in [1.29, 1.82) is 0 Å². The summed E-state index contributed by atoms with van der Waals surface area (Å²) >= 11 is 0. The average molecular weight is 496 g/mol. The molecule has 1 saturated heterocycles. The standard InChI is InChI=1S/C11H19N2O14P3/c1-4-7(12-5(2)11(16)13-4)10-9(15)8(14)6(25-10)3-24-29(20,21)27-30(22,23)26-28(17,18)19/h6,8-10,14-15H,3H2,1-2H3,(H,13,16)(H,20,21)(H,22,23)(H2,17,18,19)/t6-,8?,9+,10+/m1/s1. The van der Waals surface area contributed by atoms with E-state index < -0.39 is 60.1 Å². The van der Waals surface area contributed by atoms with E-state index in [0.717, 1.165) is 0 Å². The molecule has 0 amide bonds. The lowest BCUT2D eigenvalue weighted by Crippen LogP contribution is -2.33. The second kappa shape index (κ2) is 8.96. The molecule has 0 saturated carbocycles. The third-order valence-corrected chi connectivity index (χ3v) is 7.55. The molecule has 1 aliphatic rings. The Hall–Kier alpha value is -0.830. The Kier molecular flexibility index (Phi) is 7.60. The molecule has 2 heterocycles. The molecule has 1 aliphatic heterocycles. The minimum absolute atomic E-state index is 0.0533. The minimum Gasteiger partial charge on any atom is -0.387 e. The number of nitrogens with one attached hydrogen (secondary N) is 1. The maximum atomic E-state index is 11.7. The summed E-state index contributed by atoms with van der Waals surface area (Å²) in [4.78, 5) is 53.5. The van der Waals surface area contributed by atoms with E-state index in [1.165, 1.54) is 13.8 Å². The summed E-state index contributed by atoms with van der Waals surface area (Å²) in [5, 5.41) is 20.3. The van der Waals surface area contributed by atoms with Crippen molar-refractivity contribution in [1.82, 2.24) is 9.97 Å². The molecule has 0 spiro atoms. The van der Waals surface area contributed by atoms with Gasteiger partial charge in [0.25, 0.3) is 5.56 Å². The number of nitrogens with zero attached hydrogens (tertiary/aromatic N) is 1. The number of aromatic amines is 1. The van der Waals surface area contributed by atoms with Crippen LogP contribution in [0.4, 0.5) is 0 Å². The van der Waals surface area contributed by atoms with Gasteiger partial charge in [0, 0.05) is 5.69 Å². The van der Waals surface area contributed by atoms with Gasteiger partial charge in [-0.2, -0.15) is 8.62 Å². The van der Waals surface area contributed by atoms with E-state index in [4.69, 9.17) is 19.4 Å². The van der Waals surface area contributed by atoms with Gasteiger partial charge in [0.15, 0.2) is 0 Å². The Bertz CT molecular complexity index is 990. The molecule has 19 heteroatoms. The van der Waals surface area contributed by atoms with Gasteiger partial charge in [0.2, 0.25) is 0 Å². The third kappa shape index (κ3) is 6.58. The van der Waals surface area contributed by atoms with Crippen LogP contribution in [0.1, 0.15) is 23.2 Å². The van der Waals surface area contributed by atoms with Crippen molar-refractivity contribution in [2.24, 2.45) is 0 Å². The van der Waals surface area contributed by atoms with Gasteiger partial charge in [-0.25, -0.2) is 18.7 Å². The van der Waals surface area contributed by atoms with Crippen LogP contribution in [-0.2, 0) is 31.6 Å². The number of H-pyrrole nitrogens is 1. The first-order chi connectivity index (χ1) is 13.5. The monoisotopic (exact) mass is 496 g/mol. The number of aliphatic hydroxyl groups is 2. The van der Waals surface area contributed by atoms with Crippen molar-refractivity contribution in [3.05, 3.63) is 27.4 Å². The zero-order chi connectivity index (χ0) is 23.1. The molecule has 1 aromatic heterocycles. The van der Waals surface area contributed by atoms with E-state index in [-0.39, 0.29) is 17.1 Å². The lowest BCUT2D eigenvalue weighted by molar-refractivity contribution is -0.0237. The topological polar surface area (TPSA) is 255 Å². The van der Waals surface area contributed by atoms with Gasteiger partial charge in [0.05, 0.1) is 12.3 Å². The number of aryl methyl sites for hydroxylation is 2. The number of aromatic nitrogens is 2. The first kappa shape index (κ1) is 25.4. The highest BCUT2D eigenvalue weighted by atomic mass is 31.3. The van der Waals surface area contributed by atoms with Crippen molar-refractivity contribution >= 4 is 23.5 Å². The third-order valence-electron chi connectivity index (χ3n) is 3.75. The number of phosphoric ester groups is 1. The summed E-state index contributed by atoms with van der Waals surface area (Å²) in [6.07, 6.45) is -5.97. The fourth-order valence-corrected chi connectivity index (χ4v) is 5.53. The van der Waals surface area contributed by atoms with Gasteiger partial charge in [-0.3, -0.25) is 9.32 Å². The number of hydrogen-bond donors (Lipinski definition) is 7. The molecule has 0 aliphatic carbocycles. The minimum atomic E-state index is -5.70. The van der Waals surface area contributed by atoms with Crippen LogP contribution in [0.5, 0.6) is 0 Å². The molecule has 7 N–H and O–H groups in total. The van der Waals surface area contributed by atoms with Gasteiger partial charge in [-0.15, -0.1) is 0 Å². The number of aliphatic hydroxyl groups excluding tert-OH is 2. The van der Waals surface area contributed by atoms with Gasteiger partial charge in [-0.1, -0.05) is 0 Å². The molecule has 16 nitrogen and oxygen atoms in total. The molecule has 2 rings (SSSR count). The van der Waals surface area contributed by atoms with E-state index in [1.54, 1.807) is 0 Å². The van der Waals surface area contributed by atoms with Gasteiger partial charge < -0.3 is 39.5 Å². The van der Waals surface area contributed by atoms with Crippen LogP contribution in [0.25, 0.3) is 0 Å². The highest BCUT2D eigenvalue weighted by Gasteiger charge is 2.47. The van der Waals surface area contributed by atoms with Gasteiger partial charge in [0.1, 0.15) is 30.1 Å². The molecule has 1 aromatic rings. The molecule has 30 heavy (non-hydrogen) atoms. The molecule has 0 aromatic carbocycles. The van der Waals surface area contributed by atoms with Crippen LogP contribution in [0.15, 0.2) is 4.79 Å². The molecule has 172 valence electrons. The van der Waals surface area contributed by atoms with E-state index in [2.05, 4.69) is 23.1 Å². The summed E-state index contributed by atoms with van der Waals surface area (Å²) in [5.74, 6) is 0. The van der Waals surface area contributed by atoms with E-state index in [1.807, 2.05) is 0 Å². The summed E-state index contributed by atoms with van der Waals surface area (Å²) < 4.78 is 50.5. The normalized spacial score (nSPS) is 28.8. The number of ether oxygens (including phenoxy) is 1. The van der Waals surface area contributed by atoms with Crippen molar-refractivity contribution in [2.75, 3.05) is 6.61 Å². The molecule has 3 unspecified atom stereocenters. The predicted octanol–water partition coefficient (Wildman–Crippen LogP) is -1.11. The summed E-state index contributed by atoms with van der Waals surface area (Å²) in [7, 11) is -16.7. The predicted molar refractivity (Wildman–Crippen MR) is 93.8 cm³/mol. The zero-order valence-corrected chi connectivity index (χ0v) is 17.9. The number of phosphoric acid groups is 3. The fourth-order valence-electron chi connectivity index (χ4n) is 2.50. The van der Waals surface area contributed by atoms with Crippen LogP contribution < -0.4 is 5.56 Å². The highest BCUT2D eigenvalue weighted by Crippen LogP contribution is 2.66. The van der Waals surface area contributed by atoms with E-state index >= 15 is 0 Å². The number of rotatable bonds is 8. The lowest BCUT2D eigenvalue weighted by Gasteiger charge is -2.19. The largest absolute Gasteiger partial charge is 0.490 e. The Balaban J connectivity index is 2.08. The Morgan fingerprint density at radius 2 is 1.63 bits per heavy atom. The molecule has 0 radical (unpaired) electrons. The van der Waals surface area contributed by atoms with E-state index in [9.17, 15) is 33.6 Å². The van der Waals surface area contributed by atoms with Crippen LogP contribution in [0.2, 0.25) is 0 Å². The second-order valence-corrected chi connectivity index (χ2v) is 10.5. The van der Waals surface area contributed by atoms with Crippen LogP contribution in [0, 0.1) is 13.8 Å². The first-order valence-corrected chi connectivity index (χ1v) is 12.4. The Morgan fingerprint density at radius 3 is 2.20 bits per heavy atom. The van der Waals surface area contributed by atoms with Gasteiger partial charge >= 0.3 is 23.5 Å². The summed E-state index contributed by atoms with van der Waals surface area (Å²) in [6.45, 7) is 1.90. The molecular weight excluding hydrogens is 477 g/mol. The molecule has 6 atom stereocenters.